The monoisotopic (exact) mass is 64.0 g/mol. The van der Waals surface area contributed by atoms with Crippen LogP contribution in [0, 0.1) is 0 Å². The first kappa shape index (κ1) is 0.698. The lowest BCUT2D eigenvalue weighted by molar-refractivity contribution is -0.453. The SMILES string of the molecule is [2H]C([2H])([O-])C([2H])([2H])[O-]. The van der Waals surface area contributed by atoms with Crippen LogP contribution in [0.1, 0.15) is 5.48 Å². The third kappa shape index (κ3) is 1.92. The van der Waals surface area contributed by atoms with E-state index >= 15 is 0 Å². The van der Waals surface area contributed by atoms with Crippen molar-refractivity contribution in [1.82, 2.24) is 0 Å². The third-order valence-electron chi connectivity index (χ3n) is 0.0417. The second kappa shape index (κ2) is 2.92. The minimum absolute atomic E-state index is 3.53. The molecule has 0 atom stereocenters. The Morgan fingerprint density at radius 3 is 1.75 bits per heavy atom. The molecule has 26 valence electrons. The molecule has 0 aromatic rings. The standard InChI is InChI=1S/C2H4O2/c3-1-2-4/h1-2H2/q-2/i1D2,2D2. The van der Waals surface area contributed by atoms with Crippen molar-refractivity contribution < 1.29 is 15.7 Å². The highest BCUT2D eigenvalue weighted by atomic mass is 16.3. The zero-order valence-electron chi connectivity index (χ0n) is 5.82. The van der Waals surface area contributed by atoms with Crippen LogP contribution >= 0.6 is 0 Å². The summed E-state index contributed by atoms with van der Waals surface area (Å²) < 4.78 is 24.0. The van der Waals surface area contributed by atoms with E-state index in [4.69, 9.17) is 5.48 Å². The molecule has 0 unspecified atom stereocenters. The summed E-state index contributed by atoms with van der Waals surface area (Å²) in [4.78, 5) is 0. The fraction of sp³-hybridized carbons (Fsp3) is 1.00. The van der Waals surface area contributed by atoms with Crippen molar-refractivity contribution in [1.29, 1.82) is 0 Å². The molecule has 2 nitrogen and oxygen atoms in total. The molecule has 0 aliphatic carbocycles. The Morgan fingerprint density at radius 1 is 1.50 bits per heavy atom. The van der Waals surface area contributed by atoms with Crippen molar-refractivity contribution in [2.45, 2.75) is 0 Å². The lowest BCUT2D eigenvalue weighted by Crippen LogP contribution is -2.20. The number of hydrogen-bond acceptors (Lipinski definition) is 2. The molecule has 0 fully saturated rings. The molecule has 0 saturated heterocycles. The molecule has 0 amide bonds. The van der Waals surface area contributed by atoms with Crippen molar-refractivity contribution in [3.63, 3.8) is 0 Å². The maximum Gasteiger partial charge on any atom is 0.00561 e. The van der Waals surface area contributed by atoms with E-state index in [2.05, 4.69) is 0 Å². The van der Waals surface area contributed by atoms with Crippen molar-refractivity contribution in [3.05, 3.63) is 0 Å². The zero-order valence-corrected chi connectivity index (χ0v) is 1.82. The fourth-order valence-corrected chi connectivity index (χ4v) is 0. The van der Waals surface area contributed by atoms with Crippen LogP contribution < -0.4 is 10.2 Å². The number of hydrogen-bond donors (Lipinski definition) is 0. The Bertz CT molecular complexity index is 67.0. The van der Waals surface area contributed by atoms with Crippen molar-refractivity contribution in [2.75, 3.05) is 13.1 Å². The van der Waals surface area contributed by atoms with E-state index in [9.17, 15) is 10.2 Å². The Hall–Kier alpha value is -0.0800. The van der Waals surface area contributed by atoms with Crippen LogP contribution in [0.2, 0.25) is 0 Å². The van der Waals surface area contributed by atoms with Gasteiger partial charge in [-0.3, -0.25) is 0 Å². The van der Waals surface area contributed by atoms with E-state index < -0.39 is 13.1 Å². The summed E-state index contributed by atoms with van der Waals surface area (Å²) >= 11 is 0. The first-order valence-electron chi connectivity index (χ1n) is 2.66. The average molecular weight is 64.1 g/mol. The van der Waals surface area contributed by atoms with Gasteiger partial charge < -0.3 is 10.2 Å². The van der Waals surface area contributed by atoms with E-state index in [0.717, 1.165) is 0 Å². The molecule has 0 aromatic carbocycles. The minimum Gasteiger partial charge on any atom is -0.855 e. The lowest BCUT2D eigenvalue weighted by Gasteiger charge is -2.02. The summed E-state index contributed by atoms with van der Waals surface area (Å²) in [6, 6.07) is 0. The van der Waals surface area contributed by atoms with E-state index in [0.29, 0.717) is 0 Å². The maximum absolute atomic E-state index is 9.77. The molecule has 4 heavy (non-hydrogen) atoms. The molecular weight excluding hydrogens is 56.0 g/mol. The van der Waals surface area contributed by atoms with Gasteiger partial charge in [0.2, 0.25) is 0 Å². The van der Waals surface area contributed by atoms with Crippen molar-refractivity contribution >= 4 is 0 Å². The van der Waals surface area contributed by atoms with E-state index in [-0.39, 0.29) is 0 Å². The molecule has 2 heteroatoms. The predicted octanol–water partition coefficient (Wildman–Crippen LogP) is -2.29. The van der Waals surface area contributed by atoms with Crippen molar-refractivity contribution in [2.24, 2.45) is 0 Å². The third-order valence-corrected chi connectivity index (χ3v) is 0.0417. The molecule has 0 spiro atoms. The summed E-state index contributed by atoms with van der Waals surface area (Å²) in [5.74, 6) is 0. The smallest absolute Gasteiger partial charge is 0.00561 e. The van der Waals surface area contributed by atoms with Gasteiger partial charge in [0.1, 0.15) is 0 Å². The summed E-state index contributed by atoms with van der Waals surface area (Å²) in [6.07, 6.45) is 0. The van der Waals surface area contributed by atoms with Gasteiger partial charge in [0.25, 0.3) is 0 Å². The van der Waals surface area contributed by atoms with Crippen LogP contribution in [0.15, 0.2) is 0 Å². The molecule has 0 N–H and O–H groups in total. The molecule has 0 bridgehead atoms. The van der Waals surface area contributed by atoms with Crippen LogP contribution in [0.5, 0.6) is 0 Å². The Labute approximate surface area is 30.3 Å². The topological polar surface area (TPSA) is 46.1 Å². The van der Waals surface area contributed by atoms with Gasteiger partial charge in [-0.1, -0.05) is 0 Å². The van der Waals surface area contributed by atoms with Gasteiger partial charge >= 0.3 is 0 Å². The molecule has 0 rings (SSSR count). The minimum atomic E-state index is -3.53. The van der Waals surface area contributed by atoms with Crippen molar-refractivity contribution in [3.8, 4) is 0 Å². The van der Waals surface area contributed by atoms with E-state index in [1.54, 1.807) is 0 Å². The highest BCUT2D eigenvalue weighted by Crippen LogP contribution is 1.21. The van der Waals surface area contributed by atoms with Gasteiger partial charge in [0, 0.05) is 5.48 Å². The second-order valence-corrected chi connectivity index (χ2v) is 0.204. The average Bonchev–Trinajstić information content (AvgIpc) is 1.25. The van der Waals surface area contributed by atoms with Crippen LogP contribution in [0.4, 0.5) is 0 Å². The van der Waals surface area contributed by atoms with Crippen LogP contribution in [0.3, 0.4) is 0 Å². The zero-order chi connectivity index (χ0) is 7.00. The highest BCUT2D eigenvalue weighted by Gasteiger charge is 1.31. The second-order valence-electron chi connectivity index (χ2n) is 0.204. The van der Waals surface area contributed by atoms with E-state index in [1.807, 2.05) is 0 Å². The van der Waals surface area contributed by atoms with Crippen LogP contribution in [0.25, 0.3) is 0 Å². The van der Waals surface area contributed by atoms with Gasteiger partial charge in [-0.25, -0.2) is 0 Å². The molecule has 0 aliphatic rings. The molecule has 0 heterocycles. The number of rotatable bonds is 1. The maximum atomic E-state index is 9.77. The highest BCUT2D eigenvalue weighted by molar-refractivity contribution is 4.00. The van der Waals surface area contributed by atoms with Gasteiger partial charge in [0.05, 0.1) is 0 Å². The normalized spacial score (nSPS) is 29.5. The summed E-state index contributed by atoms with van der Waals surface area (Å²) in [5, 5.41) is 19.5. The van der Waals surface area contributed by atoms with Gasteiger partial charge in [0.15, 0.2) is 0 Å². The summed E-state index contributed by atoms with van der Waals surface area (Å²) in [6.45, 7) is -7.07. The van der Waals surface area contributed by atoms with Crippen LogP contribution in [-0.4, -0.2) is 13.1 Å². The fourth-order valence-electron chi connectivity index (χ4n) is 0. The molecule has 0 saturated carbocycles. The first-order valence-corrected chi connectivity index (χ1v) is 0.658. The first-order chi connectivity index (χ1) is 3.25. The van der Waals surface area contributed by atoms with Gasteiger partial charge in [-0.2, -0.15) is 13.1 Å². The predicted molar refractivity (Wildman–Crippen MR) is 9.73 cm³/mol. The van der Waals surface area contributed by atoms with Gasteiger partial charge in [-0.15, -0.1) is 0 Å². The molecule has 0 aromatic heterocycles. The molecular formula is C2H4O2-2. The van der Waals surface area contributed by atoms with E-state index in [1.165, 1.54) is 0 Å². The van der Waals surface area contributed by atoms with Crippen LogP contribution in [-0.2, 0) is 0 Å². The Morgan fingerprint density at radius 2 is 1.75 bits per heavy atom. The summed E-state index contributed by atoms with van der Waals surface area (Å²) in [7, 11) is 0. The Balaban J connectivity index is 4.02. The molecule has 0 aliphatic heterocycles. The Kier molecular flexibility index (Phi) is 0.510. The van der Waals surface area contributed by atoms with Gasteiger partial charge in [-0.05, 0) is 0 Å². The quantitative estimate of drug-likeness (QED) is 0.344. The molecule has 0 radical (unpaired) electrons. The summed E-state index contributed by atoms with van der Waals surface area (Å²) in [5.41, 5.74) is 0. The lowest BCUT2D eigenvalue weighted by atomic mass is 10.8. The largest absolute Gasteiger partial charge is 0.855 e.